The van der Waals surface area contributed by atoms with E-state index in [1.165, 1.54) is 24.3 Å². The molecule has 0 fully saturated rings. The summed E-state index contributed by atoms with van der Waals surface area (Å²) in [4.78, 5) is 0. The predicted molar refractivity (Wildman–Crippen MR) is 95.0 cm³/mol. The van der Waals surface area contributed by atoms with Gasteiger partial charge in [-0.25, -0.2) is 17.5 Å². The molecule has 0 unspecified atom stereocenters. The van der Waals surface area contributed by atoms with Gasteiger partial charge >= 0.3 is 0 Å². The van der Waals surface area contributed by atoms with Crippen molar-refractivity contribution < 1.29 is 22.3 Å². The summed E-state index contributed by atoms with van der Waals surface area (Å²) in [6, 6.07) is 13.1. The zero-order valence-corrected chi connectivity index (χ0v) is 14.9. The van der Waals surface area contributed by atoms with Crippen molar-refractivity contribution in [3.63, 3.8) is 0 Å². The molecule has 0 bridgehead atoms. The third-order valence-corrected chi connectivity index (χ3v) is 5.02. The number of hydrogen-bond acceptors (Lipinski definition) is 4. The fourth-order valence-electron chi connectivity index (χ4n) is 2.29. The second-order valence-electron chi connectivity index (χ2n) is 5.43. The van der Waals surface area contributed by atoms with Crippen LogP contribution in [0.5, 0.6) is 11.5 Å². The number of rotatable bonds is 10. The highest BCUT2D eigenvalue weighted by atomic mass is 32.2. The van der Waals surface area contributed by atoms with Gasteiger partial charge in [-0.2, -0.15) is 0 Å². The van der Waals surface area contributed by atoms with Crippen LogP contribution >= 0.6 is 0 Å². The van der Waals surface area contributed by atoms with E-state index in [0.29, 0.717) is 25.1 Å². The van der Waals surface area contributed by atoms with Gasteiger partial charge in [0.15, 0.2) is 0 Å². The smallest absolute Gasteiger partial charge is 0.211 e. The number of methoxy groups -OCH3 is 1. The maximum atomic E-state index is 12.8. The molecule has 0 radical (unpaired) electrons. The number of sulfonamides is 1. The molecule has 136 valence electrons. The van der Waals surface area contributed by atoms with Gasteiger partial charge < -0.3 is 9.47 Å². The highest BCUT2D eigenvalue weighted by molar-refractivity contribution is 7.89. The average Bonchev–Trinajstić information content (AvgIpc) is 2.60. The van der Waals surface area contributed by atoms with Crippen LogP contribution in [0.2, 0.25) is 0 Å². The number of hydrogen-bond donors (Lipinski definition) is 1. The van der Waals surface area contributed by atoms with Crippen molar-refractivity contribution in [2.75, 3.05) is 26.0 Å². The van der Waals surface area contributed by atoms with E-state index in [1.807, 2.05) is 24.3 Å². The van der Waals surface area contributed by atoms with Crippen LogP contribution in [0.3, 0.4) is 0 Å². The van der Waals surface area contributed by atoms with Crippen LogP contribution in [0.15, 0.2) is 48.5 Å². The SMILES string of the molecule is COc1ccccc1CCNS(=O)(=O)CCCOc1ccc(F)cc1. The van der Waals surface area contributed by atoms with Gasteiger partial charge in [0, 0.05) is 6.54 Å². The van der Waals surface area contributed by atoms with Crippen LogP contribution in [0.25, 0.3) is 0 Å². The summed E-state index contributed by atoms with van der Waals surface area (Å²) in [6.45, 7) is 0.556. The van der Waals surface area contributed by atoms with E-state index in [9.17, 15) is 12.8 Å². The molecule has 0 aliphatic heterocycles. The molecule has 0 amide bonds. The number of ether oxygens (including phenoxy) is 2. The van der Waals surface area contributed by atoms with E-state index >= 15 is 0 Å². The van der Waals surface area contributed by atoms with Gasteiger partial charge in [-0.05, 0) is 48.7 Å². The second kappa shape index (κ2) is 9.39. The van der Waals surface area contributed by atoms with E-state index < -0.39 is 10.0 Å². The van der Waals surface area contributed by atoms with Crippen molar-refractivity contribution in [2.45, 2.75) is 12.8 Å². The fourth-order valence-corrected chi connectivity index (χ4v) is 3.35. The van der Waals surface area contributed by atoms with Crippen LogP contribution < -0.4 is 14.2 Å². The normalized spacial score (nSPS) is 11.3. The molecule has 5 nitrogen and oxygen atoms in total. The minimum atomic E-state index is -3.36. The van der Waals surface area contributed by atoms with E-state index in [1.54, 1.807) is 7.11 Å². The molecular weight excluding hydrogens is 345 g/mol. The lowest BCUT2D eigenvalue weighted by Gasteiger charge is -2.10. The van der Waals surface area contributed by atoms with Gasteiger partial charge in [0.2, 0.25) is 10.0 Å². The topological polar surface area (TPSA) is 64.6 Å². The van der Waals surface area contributed by atoms with Gasteiger partial charge in [-0.15, -0.1) is 0 Å². The van der Waals surface area contributed by atoms with Crippen molar-refractivity contribution in [2.24, 2.45) is 0 Å². The minimum absolute atomic E-state index is 0.0277. The van der Waals surface area contributed by atoms with Crippen molar-refractivity contribution in [1.29, 1.82) is 0 Å². The van der Waals surface area contributed by atoms with Crippen LogP contribution in [0.4, 0.5) is 4.39 Å². The Morgan fingerprint density at radius 2 is 1.80 bits per heavy atom. The summed E-state index contributed by atoms with van der Waals surface area (Å²) in [7, 11) is -1.78. The lowest BCUT2D eigenvalue weighted by Crippen LogP contribution is -2.29. The third-order valence-electron chi connectivity index (χ3n) is 3.55. The Balaban J connectivity index is 1.70. The van der Waals surface area contributed by atoms with Gasteiger partial charge in [0.1, 0.15) is 17.3 Å². The molecule has 0 heterocycles. The number of halogens is 1. The Bertz CT molecular complexity index is 763. The third kappa shape index (κ3) is 6.72. The van der Waals surface area contributed by atoms with Crippen LogP contribution in [-0.4, -0.2) is 34.4 Å². The molecule has 1 N–H and O–H groups in total. The van der Waals surface area contributed by atoms with Gasteiger partial charge in [-0.1, -0.05) is 18.2 Å². The number of nitrogens with one attached hydrogen (secondary N) is 1. The Labute approximate surface area is 147 Å². The lowest BCUT2D eigenvalue weighted by atomic mass is 10.1. The van der Waals surface area contributed by atoms with E-state index in [2.05, 4.69) is 4.72 Å². The van der Waals surface area contributed by atoms with Crippen molar-refractivity contribution in [3.8, 4) is 11.5 Å². The number of para-hydroxylation sites is 1. The highest BCUT2D eigenvalue weighted by Crippen LogP contribution is 2.17. The van der Waals surface area contributed by atoms with Crippen molar-refractivity contribution in [3.05, 3.63) is 59.9 Å². The molecule has 2 rings (SSSR count). The van der Waals surface area contributed by atoms with E-state index in [4.69, 9.17) is 9.47 Å². The molecular formula is C18H22FNO4S. The predicted octanol–water partition coefficient (Wildman–Crippen LogP) is 2.77. The summed E-state index contributed by atoms with van der Waals surface area (Å²) >= 11 is 0. The maximum absolute atomic E-state index is 12.8. The summed E-state index contributed by atoms with van der Waals surface area (Å²) in [5.41, 5.74) is 0.951. The average molecular weight is 367 g/mol. The summed E-state index contributed by atoms with van der Waals surface area (Å²) in [6.07, 6.45) is 0.899. The zero-order valence-electron chi connectivity index (χ0n) is 14.1. The second-order valence-corrected chi connectivity index (χ2v) is 7.36. The summed E-state index contributed by atoms with van der Waals surface area (Å²) in [5, 5.41) is 0. The van der Waals surface area contributed by atoms with Gasteiger partial charge in [0.25, 0.3) is 0 Å². The first kappa shape index (κ1) is 19.2. The largest absolute Gasteiger partial charge is 0.496 e. The molecule has 0 aliphatic rings. The molecule has 0 saturated carbocycles. The molecule has 0 atom stereocenters. The molecule has 0 saturated heterocycles. The highest BCUT2D eigenvalue weighted by Gasteiger charge is 2.10. The minimum Gasteiger partial charge on any atom is -0.496 e. The van der Waals surface area contributed by atoms with E-state index in [0.717, 1.165) is 11.3 Å². The van der Waals surface area contributed by atoms with Crippen molar-refractivity contribution >= 4 is 10.0 Å². The van der Waals surface area contributed by atoms with Crippen molar-refractivity contribution in [1.82, 2.24) is 4.72 Å². The summed E-state index contributed by atoms with van der Waals surface area (Å²) < 4.78 is 49.9. The molecule has 0 aliphatic carbocycles. The Morgan fingerprint density at radius 1 is 1.08 bits per heavy atom. The van der Waals surface area contributed by atoms with Crippen LogP contribution in [0, 0.1) is 5.82 Å². The zero-order chi connectivity index (χ0) is 18.1. The monoisotopic (exact) mass is 367 g/mol. The quantitative estimate of drug-likeness (QED) is 0.656. The summed E-state index contributed by atoms with van der Waals surface area (Å²) in [5.74, 6) is 0.895. The first-order valence-electron chi connectivity index (χ1n) is 7.98. The molecule has 7 heteroatoms. The van der Waals surface area contributed by atoms with E-state index in [-0.39, 0.29) is 18.2 Å². The lowest BCUT2D eigenvalue weighted by molar-refractivity contribution is 0.317. The first-order valence-corrected chi connectivity index (χ1v) is 9.63. The van der Waals surface area contributed by atoms with Gasteiger partial charge in [-0.3, -0.25) is 0 Å². The molecule has 0 aromatic heterocycles. The Morgan fingerprint density at radius 3 is 2.52 bits per heavy atom. The van der Waals surface area contributed by atoms with Crippen LogP contribution in [-0.2, 0) is 16.4 Å². The number of benzene rings is 2. The van der Waals surface area contributed by atoms with Gasteiger partial charge in [0.05, 0.1) is 19.5 Å². The fraction of sp³-hybridized carbons (Fsp3) is 0.333. The first-order chi connectivity index (χ1) is 12.0. The Kier molecular flexibility index (Phi) is 7.21. The standard InChI is InChI=1S/C18H22FNO4S/c1-23-18-6-3-2-5-15(18)11-12-20-25(21,22)14-4-13-24-17-9-7-16(19)8-10-17/h2-3,5-10,20H,4,11-14H2,1H3. The molecule has 2 aromatic rings. The maximum Gasteiger partial charge on any atom is 0.211 e. The molecule has 2 aromatic carbocycles. The molecule has 0 spiro atoms. The van der Waals surface area contributed by atoms with Crippen LogP contribution in [0.1, 0.15) is 12.0 Å². The molecule has 25 heavy (non-hydrogen) atoms. The Hall–Kier alpha value is -2.12.